The third-order valence-electron chi connectivity index (χ3n) is 4.55. The van der Waals surface area contributed by atoms with Crippen LogP contribution >= 0.6 is 35.0 Å². The fourth-order valence-electron chi connectivity index (χ4n) is 3.08. The van der Waals surface area contributed by atoms with Gasteiger partial charge in [-0.25, -0.2) is 8.42 Å². The van der Waals surface area contributed by atoms with Crippen LogP contribution in [-0.4, -0.2) is 38.6 Å². The van der Waals surface area contributed by atoms with Crippen molar-refractivity contribution in [3.63, 3.8) is 0 Å². The second-order valence-electron chi connectivity index (χ2n) is 6.42. The number of benzene rings is 2. The van der Waals surface area contributed by atoms with Gasteiger partial charge in [0, 0.05) is 18.0 Å². The number of carbonyl (C=O) groups excluding carboxylic acids is 1. The first-order valence-corrected chi connectivity index (χ1v) is 12.2. The Hall–Kier alpha value is -1.41. The Kier molecular flexibility index (Phi) is 6.81. The predicted molar refractivity (Wildman–Crippen MR) is 115 cm³/mol. The van der Waals surface area contributed by atoms with E-state index in [1.807, 2.05) is 6.26 Å². The van der Waals surface area contributed by atoms with Crippen molar-refractivity contribution >= 4 is 56.6 Å². The normalized spacial score (nSPS) is 14.8. The van der Waals surface area contributed by atoms with Crippen LogP contribution in [-0.2, 0) is 10.0 Å². The van der Waals surface area contributed by atoms with E-state index < -0.39 is 10.0 Å². The Morgan fingerprint density at radius 3 is 2.50 bits per heavy atom. The van der Waals surface area contributed by atoms with Crippen LogP contribution in [0.25, 0.3) is 0 Å². The van der Waals surface area contributed by atoms with Crippen molar-refractivity contribution in [3.05, 3.63) is 52.0 Å². The van der Waals surface area contributed by atoms with Crippen LogP contribution in [0.2, 0.25) is 10.0 Å². The van der Waals surface area contributed by atoms with Crippen molar-refractivity contribution in [2.24, 2.45) is 0 Å². The van der Waals surface area contributed by atoms with Crippen molar-refractivity contribution in [3.8, 4) is 0 Å². The SMILES string of the molecule is CSc1ccc(S(=O)(=O)Nc2cccc(Cl)c2Cl)cc1C(=O)N1CCCCC1. The number of thioether (sulfide) groups is 1. The molecule has 1 saturated heterocycles. The lowest BCUT2D eigenvalue weighted by atomic mass is 10.1. The monoisotopic (exact) mass is 458 g/mol. The highest BCUT2D eigenvalue weighted by Crippen LogP contribution is 2.32. The highest BCUT2D eigenvalue weighted by molar-refractivity contribution is 7.98. The molecule has 2 aromatic carbocycles. The van der Waals surface area contributed by atoms with E-state index in [4.69, 9.17) is 23.2 Å². The molecular weight excluding hydrogens is 439 g/mol. The second kappa shape index (κ2) is 8.95. The average Bonchev–Trinajstić information content (AvgIpc) is 2.71. The van der Waals surface area contributed by atoms with Crippen LogP contribution in [0.15, 0.2) is 46.2 Å². The molecule has 5 nitrogen and oxygen atoms in total. The molecule has 0 aromatic heterocycles. The molecule has 1 heterocycles. The Balaban J connectivity index is 1.95. The topological polar surface area (TPSA) is 66.5 Å². The minimum absolute atomic E-state index is 0.00158. The molecule has 0 unspecified atom stereocenters. The van der Waals surface area contributed by atoms with E-state index in [1.54, 1.807) is 23.1 Å². The van der Waals surface area contributed by atoms with Crippen molar-refractivity contribution in [2.75, 3.05) is 24.1 Å². The second-order valence-corrected chi connectivity index (χ2v) is 9.74. The van der Waals surface area contributed by atoms with Gasteiger partial charge < -0.3 is 4.90 Å². The van der Waals surface area contributed by atoms with Gasteiger partial charge in [0.15, 0.2) is 0 Å². The molecule has 28 heavy (non-hydrogen) atoms. The standard InChI is InChI=1S/C19H20Cl2N2O3S2/c1-27-17-9-8-13(12-14(17)19(24)23-10-3-2-4-11-23)28(25,26)22-16-7-5-6-15(20)18(16)21/h5-9,12,22H,2-4,10-11H2,1H3. The third-order valence-corrected chi connectivity index (χ3v) is 7.53. The first kappa shape index (κ1) is 21.3. The Morgan fingerprint density at radius 2 is 1.82 bits per heavy atom. The first-order chi connectivity index (χ1) is 13.3. The van der Waals surface area contributed by atoms with Gasteiger partial charge >= 0.3 is 0 Å². The maximum absolute atomic E-state index is 13.0. The van der Waals surface area contributed by atoms with E-state index in [1.165, 1.54) is 30.0 Å². The number of hydrogen-bond acceptors (Lipinski definition) is 4. The quantitative estimate of drug-likeness (QED) is 0.629. The molecule has 1 fully saturated rings. The molecule has 0 spiro atoms. The molecule has 0 radical (unpaired) electrons. The van der Waals surface area contributed by atoms with Crippen LogP contribution in [0.3, 0.4) is 0 Å². The zero-order valence-electron chi connectivity index (χ0n) is 15.2. The van der Waals surface area contributed by atoms with Crippen LogP contribution < -0.4 is 4.72 Å². The Morgan fingerprint density at radius 1 is 1.11 bits per heavy atom. The smallest absolute Gasteiger partial charge is 0.261 e. The molecular formula is C19H20Cl2N2O3S2. The molecule has 0 atom stereocenters. The summed E-state index contributed by atoms with van der Waals surface area (Å²) in [5.41, 5.74) is 0.585. The summed E-state index contributed by atoms with van der Waals surface area (Å²) in [6.07, 6.45) is 4.90. The number of piperidine rings is 1. The molecule has 0 saturated carbocycles. The van der Waals surface area contributed by atoms with Gasteiger partial charge in [-0.2, -0.15) is 0 Å². The maximum atomic E-state index is 13.0. The van der Waals surface area contributed by atoms with Gasteiger partial charge in [0.05, 0.1) is 26.2 Å². The number of nitrogens with one attached hydrogen (secondary N) is 1. The minimum atomic E-state index is -3.94. The zero-order chi connectivity index (χ0) is 20.3. The molecule has 0 aliphatic carbocycles. The fraction of sp³-hybridized carbons (Fsp3) is 0.316. The molecule has 3 rings (SSSR count). The summed E-state index contributed by atoms with van der Waals surface area (Å²) in [5, 5.41) is 0.374. The van der Waals surface area contributed by atoms with Gasteiger partial charge in [0.25, 0.3) is 15.9 Å². The van der Waals surface area contributed by atoms with Crippen molar-refractivity contribution < 1.29 is 13.2 Å². The minimum Gasteiger partial charge on any atom is -0.339 e. The molecule has 1 N–H and O–H groups in total. The number of sulfonamides is 1. The summed E-state index contributed by atoms with van der Waals surface area (Å²) in [6, 6.07) is 9.29. The molecule has 1 amide bonds. The predicted octanol–water partition coefficient (Wildman–Crippen LogP) is 5.14. The number of nitrogens with zero attached hydrogens (tertiary/aromatic N) is 1. The van der Waals surface area contributed by atoms with Gasteiger partial charge in [0.2, 0.25) is 0 Å². The van der Waals surface area contributed by atoms with Gasteiger partial charge in [-0.05, 0) is 55.9 Å². The highest BCUT2D eigenvalue weighted by Gasteiger charge is 2.24. The first-order valence-electron chi connectivity index (χ1n) is 8.77. The van der Waals surface area contributed by atoms with Crippen molar-refractivity contribution in [1.29, 1.82) is 0 Å². The summed E-state index contributed by atoms with van der Waals surface area (Å²) in [4.78, 5) is 15.5. The van der Waals surface area contributed by atoms with E-state index in [9.17, 15) is 13.2 Å². The van der Waals surface area contributed by atoms with E-state index >= 15 is 0 Å². The van der Waals surface area contributed by atoms with Gasteiger partial charge in [-0.15, -0.1) is 11.8 Å². The molecule has 150 valence electrons. The van der Waals surface area contributed by atoms with Gasteiger partial charge in [-0.1, -0.05) is 29.3 Å². The number of amides is 1. The lowest BCUT2D eigenvalue weighted by Gasteiger charge is -2.27. The van der Waals surface area contributed by atoms with E-state index in [0.29, 0.717) is 18.7 Å². The summed E-state index contributed by atoms with van der Waals surface area (Å²) in [5.74, 6) is -0.137. The Labute approximate surface area is 179 Å². The summed E-state index contributed by atoms with van der Waals surface area (Å²) < 4.78 is 28.2. The number of hydrogen-bond donors (Lipinski definition) is 1. The highest BCUT2D eigenvalue weighted by atomic mass is 35.5. The average molecular weight is 459 g/mol. The number of rotatable bonds is 5. The van der Waals surface area contributed by atoms with Crippen LogP contribution in [0.4, 0.5) is 5.69 Å². The van der Waals surface area contributed by atoms with Crippen molar-refractivity contribution in [1.82, 2.24) is 4.90 Å². The molecule has 0 bridgehead atoms. The van der Waals surface area contributed by atoms with Gasteiger partial charge in [0.1, 0.15) is 0 Å². The number of carbonyl (C=O) groups is 1. The van der Waals surface area contributed by atoms with E-state index in [-0.39, 0.29) is 26.5 Å². The van der Waals surface area contributed by atoms with E-state index in [0.717, 1.165) is 24.2 Å². The lowest BCUT2D eigenvalue weighted by Crippen LogP contribution is -2.36. The molecule has 1 aliphatic heterocycles. The lowest BCUT2D eigenvalue weighted by molar-refractivity contribution is 0.0720. The molecule has 2 aromatic rings. The maximum Gasteiger partial charge on any atom is 0.261 e. The van der Waals surface area contributed by atoms with Crippen molar-refractivity contribution in [2.45, 2.75) is 29.1 Å². The van der Waals surface area contributed by atoms with Crippen LogP contribution in [0, 0.1) is 0 Å². The zero-order valence-corrected chi connectivity index (χ0v) is 18.4. The summed E-state index contributed by atoms with van der Waals surface area (Å²) in [7, 11) is -3.94. The number of anilines is 1. The van der Waals surface area contributed by atoms with Crippen LogP contribution in [0.1, 0.15) is 29.6 Å². The summed E-state index contributed by atoms with van der Waals surface area (Å²) >= 11 is 13.5. The van der Waals surface area contributed by atoms with E-state index in [2.05, 4.69) is 4.72 Å². The Bertz CT molecular complexity index is 991. The third kappa shape index (κ3) is 4.59. The van der Waals surface area contributed by atoms with Crippen LogP contribution in [0.5, 0.6) is 0 Å². The van der Waals surface area contributed by atoms with Gasteiger partial charge in [-0.3, -0.25) is 9.52 Å². The number of halogens is 2. The summed E-state index contributed by atoms with van der Waals surface area (Å²) in [6.45, 7) is 1.39. The molecule has 1 aliphatic rings. The number of likely N-dealkylation sites (tertiary alicyclic amines) is 1. The largest absolute Gasteiger partial charge is 0.339 e. The fourth-order valence-corrected chi connectivity index (χ4v) is 5.15. The molecule has 9 heteroatoms.